The molecule has 0 saturated heterocycles. The van der Waals surface area contributed by atoms with Crippen molar-refractivity contribution in [2.24, 2.45) is 10.8 Å². The average Bonchev–Trinajstić information content (AvgIpc) is 2.61. The average molecular weight is 178 g/mol. The van der Waals surface area contributed by atoms with Gasteiger partial charge in [-0.15, -0.1) is 0 Å². The molecule has 0 heterocycles. The summed E-state index contributed by atoms with van der Waals surface area (Å²) in [5.74, 6) is 0. The molecule has 0 aliphatic heterocycles. The fraction of sp³-hybridized carbons (Fsp3) is 0.833. The molecule has 3 aliphatic carbocycles. The molecule has 0 aromatic rings. The molecule has 3 rings (SSSR count). The summed E-state index contributed by atoms with van der Waals surface area (Å²) >= 11 is 0. The van der Waals surface area contributed by atoms with Crippen LogP contribution < -0.4 is 0 Å². The lowest BCUT2D eigenvalue weighted by atomic mass is 9.67. The molecule has 0 radical (unpaired) electrons. The largest absolute Gasteiger partial charge is 0.388 e. The van der Waals surface area contributed by atoms with Gasteiger partial charge >= 0.3 is 0 Å². The Morgan fingerprint density at radius 3 is 2.38 bits per heavy atom. The first kappa shape index (κ1) is 8.05. The molecule has 1 nitrogen and oxygen atoms in total. The van der Waals surface area contributed by atoms with Gasteiger partial charge in [0.05, 0.1) is 6.10 Å². The van der Waals surface area contributed by atoms with E-state index in [1.54, 1.807) is 0 Å². The molecule has 1 N–H and O–H groups in total. The maximum Gasteiger partial charge on any atom is 0.0788 e. The van der Waals surface area contributed by atoms with E-state index in [1.165, 1.54) is 44.1 Å². The molecule has 0 amide bonds. The van der Waals surface area contributed by atoms with E-state index >= 15 is 0 Å². The molecule has 0 aromatic heterocycles. The highest BCUT2D eigenvalue weighted by Gasteiger charge is 2.63. The van der Waals surface area contributed by atoms with Gasteiger partial charge in [-0.2, -0.15) is 0 Å². The van der Waals surface area contributed by atoms with Crippen molar-refractivity contribution in [1.82, 2.24) is 0 Å². The standard InChI is InChI=1S/C12H18O/c1-9-8-10(13)12-6-2-4-11(9,12)5-3-7-12/h8,10,13H,2-7H2,1H3. The molecule has 13 heavy (non-hydrogen) atoms. The summed E-state index contributed by atoms with van der Waals surface area (Å²) in [5, 5.41) is 10.1. The zero-order valence-electron chi connectivity index (χ0n) is 8.34. The molecule has 3 aliphatic rings. The van der Waals surface area contributed by atoms with Crippen LogP contribution in [0.5, 0.6) is 0 Å². The number of rotatable bonds is 0. The minimum atomic E-state index is -0.127. The number of aliphatic hydroxyl groups is 1. The Hall–Kier alpha value is -0.300. The van der Waals surface area contributed by atoms with E-state index in [9.17, 15) is 5.11 Å². The molecular weight excluding hydrogens is 160 g/mol. The van der Waals surface area contributed by atoms with E-state index in [2.05, 4.69) is 13.0 Å². The Morgan fingerprint density at radius 2 is 1.85 bits per heavy atom. The first-order valence-electron chi connectivity index (χ1n) is 5.58. The van der Waals surface area contributed by atoms with Crippen LogP contribution in [0, 0.1) is 10.8 Å². The Bertz CT molecular complexity index is 267. The lowest BCUT2D eigenvalue weighted by molar-refractivity contribution is 0.0302. The van der Waals surface area contributed by atoms with Crippen molar-refractivity contribution in [3.8, 4) is 0 Å². The second-order valence-electron chi connectivity index (χ2n) is 5.24. The molecule has 1 heteroatoms. The summed E-state index contributed by atoms with van der Waals surface area (Å²) in [5.41, 5.74) is 2.22. The van der Waals surface area contributed by atoms with Crippen LogP contribution in [-0.4, -0.2) is 11.2 Å². The van der Waals surface area contributed by atoms with Crippen molar-refractivity contribution in [3.05, 3.63) is 11.6 Å². The highest BCUT2D eigenvalue weighted by Crippen LogP contribution is 2.70. The normalized spacial score (nSPS) is 53.4. The van der Waals surface area contributed by atoms with Gasteiger partial charge in [0.1, 0.15) is 0 Å². The molecule has 0 spiro atoms. The van der Waals surface area contributed by atoms with Crippen LogP contribution in [0.25, 0.3) is 0 Å². The second-order valence-corrected chi connectivity index (χ2v) is 5.24. The number of hydrogen-bond acceptors (Lipinski definition) is 1. The fourth-order valence-corrected chi connectivity index (χ4v) is 4.56. The van der Waals surface area contributed by atoms with Crippen LogP contribution in [0.4, 0.5) is 0 Å². The zero-order valence-corrected chi connectivity index (χ0v) is 8.34. The second kappa shape index (κ2) is 2.20. The smallest absolute Gasteiger partial charge is 0.0788 e. The minimum absolute atomic E-state index is 0.127. The molecule has 2 fully saturated rings. The summed E-state index contributed by atoms with van der Waals surface area (Å²) in [6, 6.07) is 0. The number of hydrogen-bond donors (Lipinski definition) is 1. The van der Waals surface area contributed by atoms with Crippen LogP contribution in [0.2, 0.25) is 0 Å². The van der Waals surface area contributed by atoms with Crippen LogP contribution >= 0.6 is 0 Å². The van der Waals surface area contributed by atoms with E-state index in [-0.39, 0.29) is 11.5 Å². The molecule has 1 unspecified atom stereocenters. The maximum atomic E-state index is 10.1. The number of aliphatic hydroxyl groups excluding tert-OH is 1. The van der Waals surface area contributed by atoms with Gasteiger partial charge in [-0.05, 0) is 38.0 Å². The Balaban J connectivity index is 2.15. The van der Waals surface area contributed by atoms with Crippen molar-refractivity contribution in [1.29, 1.82) is 0 Å². The van der Waals surface area contributed by atoms with Crippen molar-refractivity contribution in [2.75, 3.05) is 0 Å². The first-order chi connectivity index (χ1) is 6.21. The van der Waals surface area contributed by atoms with Crippen LogP contribution in [0.15, 0.2) is 11.6 Å². The Kier molecular flexibility index (Phi) is 1.36. The lowest BCUT2D eigenvalue weighted by Gasteiger charge is -2.38. The van der Waals surface area contributed by atoms with E-state index in [1.807, 2.05) is 0 Å². The lowest BCUT2D eigenvalue weighted by Crippen LogP contribution is -2.36. The highest BCUT2D eigenvalue weighted by molar-refractivity contribution is 5.34. The SMILES string of the molecule is CC1=CC(O)C23CCCC12CCC3. The Morgan fingerprint density at radius 1 is 1.23 bits per heavy atom. The topological polar surface area (TPSA) is 20.2 Å². The summed E-state index contributed by atoms with van der Waals surface area (Å²) in [6.07, 6.45) is 9.89. The predicted octanol–water partition coefficient (Wildman–Crippen LogP) is 2.65. The quantitative estimate of drug-likeness (QED) is 0.565. The van der Waals surface area contributed by atoms with Crippen molar-refractivity contribution in [3.63, 3.8) is 0 Å². The van der Waals surface area contributed by atoms with Crippen molar-refractivity contribution in [2.45, 2.75) is 51.6 Å². The van der Waals surface area contributed by atoms with E-state index in [4.69, 9.17) is 0 Å². The fourth-order valence-electron chi connectivity index (χ4n) is 4.56. The van der Waals surface area contributed by atoms with Crippen LogP contribution in [0.3, 0.4) is 0 Å². The first-order valence-corrected chi connectivity index (χ1v) is 5.58. The maximum absolute atomic E-state index is 10.1. The molecular formula is C12H18O. The van der Waals surface area contributed by atoms with Gasteiger partial charge in [0.2, 0.25) is 0 Å². The summed E-state index contributed by atoms with van der Waals surface area (Å²) in [6.45, 7) is 2.24. The van der Waals surface area contributed by atoms with Gasteiger partial charge < -0.3 is 5.11 Å². The van der Waals surface area contributed by atoms with E-state index in [0.717, 1.165) is 0 Å². The van der Waals surface area contributed by atoms with Gasteiger partial charge in [-0.25, -0.2) is 0 Å². The number of allylic oxidation sites excluding steroid dienone is 1. The zero-order chi connectivity index (χ0) is 9.10. The van der Waals surface area contributed by atoms with E-state index < -0.39 is 0 Å². The third-order valence-corrected chi connectivity index (χ3v) is 5.13. The van der Waals surface area contributed by atoms with Gasteiger partial charge in [0, 0.05) is 5.41 Å². The Labute approximate surface area is 79.8 Å². The van der Waals surface area contributed by atoms with Crippen molar-refractivity contribution >= 4 is 0 Å². The van der Waals surface area contributed by atoms with Gasteiger partial charge in [-0.3, -0.25) is 0 Å². The van der Waals surface area contributed by atoms with Crippen molar-refractivity contribution < 1.29 is 5.11 Å². The molecule has 0 bridgehead atoms. The van der Waals surface area contributed by atoms with Gasteiger partial charge in [-0.1, -0.05) is 24.5 Å². The third kappa shape index (κ3) is 0.665. The molecule has 1 atom stereocenters. The molecule has 72 valence electrons. The van der Waals surface area contributed by atoms with Crippen LogP contribution in [-0.2, 0) is 0 Å². The third-order valence-electron chi connectivity index (χ3n) is 5.13. The summed E-state index contributed by atoms with van der Waals surface area (Å²) < 4.78 is 0. The minimum Gasteiger partial charge on any atom is -0.388 e. The van der Waals surface area contributed by atoms with E-state index in [0.29, 0.717) is 5.41 Å². The molecule has 2 saturated carbocycles. The van der Waals surface area contributed by atoms with Gasteiger partial charge in [0.25, 0.3) is 0 Å². The predicted molar refractivity (Wildman–Crippen MR) is 52.3 cm³/mol. The summed E-state index contributed by atoms with van der Waals surface area (Å²) in [7, 11) is 0. The molecule has 0 aromatic carbocycles. The summed E-state index contributed by atoms with van der Waals surface area (Å²) in [4.78, 5) is 0. The highest BCUT2D eigenvalue weighted by atomic mass is 16.3. The monoisotopic (exact) mass is 178 g/mol. The van der Waals surface area contributed by atoms with Crippen LogP contribution in [0.1, 0.15) is 45.4 Å². The van der Waals surface area contributed by atoms with Gasteiger partial charge in [0.15, 0.2) is 0 Å².